The zero-order chi connectivity index (χ0) is 27.4. The number of hydrogen-bond acceptors (Lipinski definition) is 5. The number of benzene rings is 2. The molecule has 5 rings (SSSR count). The Morgan fingerprint density at radius 3 is 2.55 bits per heavy atom. The summed E-state index contributed by atoms with van der Waals surface area (Å²) in [6.07, 6.45) is 0.398. The van der Waals surface area contributed by atoms with E-state index < -0.39 is 59.6 Å². The van der Waals surface area contributed by atoms with Gasteiger partial charge in [0.05, 0.1) is 11.7 Å². The molecule has 2 heterocycles. The Hall–Kier alpha value is -4.09. The van der Waals surface area contributed by atoms with Crippen molar-refractivity contribution in [2.45, 2.75) is 50.3 Å². The number of anilines is 1. The molecule has 0 radical (unpaired) electrons. The Labute approximate surface area is 215 Å². The standard InChI is InChI=1S/C26H25F3N4O5/c1-13-3-6-21(15-4-5-17(27)18(28)9-15)33(13)22(34)12-32-23(35)26(38-25(32)37)8-7-14-10-20(31-24(36)30-2)19(29)11-16(14)26/h4-5,9-11,13,21H,3,6-8,12H2,1-2H3,(H2,30,31,36)/t13-,21-,26-/m0/s1. The summed E-state index contributed by atoms with van der Waals surface area (Å²) in [4.78, 5) is 53.5. The largest absolute Gasteiger partial charge is 0.427 e. The predicted octanol–water partition coefficient (Wildman–Crippen LogP) is 3.73. The highest BCUT2D eigenvalue weighted by Gasteiger charge is 2.59. The van der Waals surface area contributed by atoms with Crippen molar-refractivity contribution in [2.24, 2.45) is 0 Å². The number of halogens is 3. The third-order valence-corrected chi connectivity index (χ3v) is 7.50. The van der Waals surface area contributed by atoms with Crippen LogP contribution in [0.5, 0.6) is 0 Å². The first-order valence-corrected chi connectivity index (χ1v) is 12.2. The molecule has 3 atom stereocenters. The van der Waals surface area contributed by atoms with E-state index in [2.05, 4.69) is 10.6 Å². The van der Waals surface area contributed by atoms with Crippen molar-refractivity contribution in [2.75, 3.05) is 18.9 Å². The van der Waals surface area contributed by atoms with Crippen LogP contribution in [0.3, 0.4) is 0 Å². The molecule has 0 unspecified atom stereocenters. The van der Waals surface area contributed by atoms with Crippen molar-refractivity contribution < 1.29 is 37.1 Å². The normalized spacial score (nSPS) is 24.1. The molecule has 2 aliphatic heterocycles. The van der Waals surface area contributed by atoms with Gasteiger partial charge in [0.15, 0.2) is 11.6 Å². The number of aryl methyl sites for hydroxylation is 1. The molecular formula is C26H25F3N4O5. The van der Waals surface area contributed by atoms with Crippen LogP contribution in [0.2, 0.25) is 0 Å². The molecule has 2 aromatic rings. The summed E-state index contributed by atoms with van der Waals surface area (Å²) in [5.41, 5.74) is -0.751. The number of likely N-dealkylation sites (tertiary alicyclic amines) is 1. The number of nitrogens with one attached hydrogen (secondary N) is 2. The summed E-state index contributed by atoms with van der Waals surface area (Å²) in [7, 11) is 1.38. The van der Waals surface area contributed by atoms with Gasteiger partial charge in [-0.25, -0.2) is 27.7 Å². The van der Waals surface area contributed by atoms with Gasteiger partial charge >= 0.3 is 12.1 Å². The Morgan fingerprint density at radius 2 is 1.84 bits per heavy atom. The van der Waals surface area contributed by atoms with Gasteiger partial charge < -0.3 is 20.3 Å². The van der Waals surface area contributed by atoms with Gasteiger partial charge in [-0.05, 0) is 61.6 Å². The lowest BCUT2D eigenvalue weighted by atomic mass is 9.94. The van der Waals surface area contributed by atoms with Gasteiger partial charge in [-0.3, -0.25) is 9.59 Å². The molecule has 2 fully saturated rings. The van der Waals surface area contributed by atoms with Gasteiger partial charge in [0.1, 0.15) is 12.4 Å². The second-order valence-electron chi connectivity index (χ2n) is 9.70. The van der Waals surface area contributed by atoms with Crippen molar-refractivity contribution in [3.63, 3.8) is 0 Å². The molecule has 5 amide bonds. The quantitative estimate of drug-likeness (QED) is 0.627. The third-order valence-electron chi connectivity index (χ3n) is 7.50. The molecule has 12 heteroatoms. The van der Waals surface area contributed by atoms with E-state index in [4.69, 9.17) is 4.74 Å². The fraction of sp³-hybridized carbons (Fsp3) is 0.385. The Kier molecular flexibility index (Phi) is 6.28. The number of rotatable bonds is 4. The van der Waals surface area contributed by atoms with Gasteiger partial charge in [0.25, 0.3) is 5.91 Å². The van der Waals surface area contributed by atoms with Crippen LogP contribution in [0.1, 0.15) is 48.9 Å². The SMILES string of the molecule is CNC(=O)Nc1cc2c(cc1F)[C@]1(CC2)OC(=O)N(CC(=O)N2[C@@H](C)CC[C@H]2c2ccc(F)c(F)c2)C1=O. The lowest BCUT2D eigenvalue weighted by Crippen LogP contribution is -2.46. The maximum Gasteiger partial charge on any atom is 0.418 e. The average molecular weight is 531 g/mol. The molecule has 0 aromatic heterocycles. The fourth-order valence-electron chi connectivity index (χ4n) is 5.61. The first-order valence-electron chi connectivity index (χ1n) is 12.2. The van der Waals surface area contributed by atoms with Crippen molar-refractivity contribution in [3.05, 3.63) is 64.5 Å². The van der Waals surface area contributed by atoms with Crippen molar-refractivity contribution in [3.8, 4) is 0 Å². The molecule has 1 aliphatic carbocycles. The Balaban J connectivity index is 1.38. The first kappa shape index (κ1) is 25.6. The number of imide groups is 1. The molecule has 0 bridgehead atoms. The second kappa shape index (κ2) is 9.34. The van der Waals surface area contributed by atoms with E-state index in [9.17, 15) is 32.3 Å². The van der Waals surface area contributed by atoms with Crippen LogP contribution in [-0.2, 0) is 26.3 Å². The van der Waals surface area contributed by atoms with E-state index >= 15 is 0 Å². The van der Waals surface area contributed by atoms with Gasteiger partial charge in [0.2, 0.25) is 11.5 Å². The summed E-state index contributed by atoms with van der Waals surface area (Å²) < 4.78 is 47.6. The predicted molar refractivity (Wildman–Crippen MR) is 127 cm³/mol. The lowest BCUT2D eigenvalue weighted by molar-refractivity contribution is -0.143. The van der Waals surface area contributed by atoms with E-state index in [0.717, 1.165) is 18.2 Å². The van der Waals surface area contributed by atoms with Crippen LogP contribution < -0.4 is 10.6 Å². The Morgan fingerprint density at radius 1 is 1.08 bits per heavy atom. The molecule has 0 saturated carbocycles. The van der Waals surface area contributed by atoms with Gasteiger partial charge in [-0.2, -0.15) is 0 Å². The minimum Gasteiger partial charge on any atom is -0.427 e. The number of carbonyl (C=O) groups is 4. The summed E-state index contributed by atoms with van der Waals surface area (Å²) in [6.45, 7) is 1.18. The molecular weight excluding hydrogens is 505 g/mol. The minimum absolute atomic E-state index is 0.0536. The molecule has 1 spiro atoms. The highest BCUT2D eigenvalue weighted by molar-refractivity contribution is 6.06. The van der Waals surface area contributed by atoms with Crippen molar-refractivity contribution in [1.29, 1.82) is 0 Å². The summed E-state index contributed by atoms with van der Waals surface area (Å²) in [6, 6.07) is 4.45. The zero-order valence-corrected chi connectivity index (χ0v) is 20.6. The lowest BCUT2D eigenvalue weighted by Gasteiger charge is -2.30. The van der Waals surface area contributed by atoms with Crippen molar-refractivity contribution in [1.82, 2.24) is 15.1 Å². The van der Waals surface area contributed by atoms with Crippen LogP contribution in [0, 0.1) is 17.5 Å². The van der Waals surface area contributed by atoms with Gasteiger partial charge in [-0.15, -0.1) is 0 Å². The minimum atomic E-state index is -1.77. The number of amides is 5. The van der Waals surface area contributed by atoms with E-state index in [1.54, 1.807) is 6.92 Å². The Bertz CT molecular complexity index is 1370. The van der Waals surface area contributed by atoms with E-state index in [-0.39, 0.29) is 30.1 Å². The molecule has 9 nitrogen and oxygen atoms in total. The summed E-state index contributed by atoms with van der Waals surface area (Å²) in [5.74, 6) is -4.18. The smallest absolute Gasteiger partial charge is 0.418 e. The van der Waals surface area contributed by atoms with Crippen LogP contribution in [-0.4, -0.2) is 53.4 Å². The maximum absolute atomic E-state index is 14.8. The van der Waals surface area contributed by atoms with Crippen LogP contribution in [0.25, 0.3) is 0 Å². The summed E-state index contributed by atoms with van der Waals surface area (Å²) >= 11 is 0. The van der Waals surface area contributed by atoms with Crippen LogP contribution in [0.15, 0.2) is 30.3 Å². The number of fused-ring (bicyclic) bond motifs is 2. The van der Waals surface area contributed by atoms with Gasteiger partial charge in [-0.1, -0.05) is 6.07 Å². The average Bonchev–Trinajstić information content (AvgIpc) is 3.51. The highest BCUT2D eigenvalue weighted by atomic mass is 19.2. The van der Waals surface area contributed by atoms with E-state index in [0.29, 0.717) is 28.9 Å². The topological polar surface area (TPSA) is 108 Å². The van der Waals surface area contributed by atoms with Crippen LogP contribution in [0.4, 0.5) is 28.4 Å². The number of urea groups is 1. The molecule has 2 saturated heterocycles. The van der Waals surface area contributed by atoms with E-state index in [1.165, 1.54) is 24.1 Å². The van der Waals surface area contributed by atoms with E-state index in [1.807, 2.05) is 0 Å². The highest BCUT2D eigenvalue weighted by Crippen LogP contribution is 2.47. The van der Waals surface area contributed by atoms with Crippen LogP contribution >= 0.6 is 0 Å². The second-order valence-corrected chi connectivity index (χ2v) is 9.70. The van der Waals surface area contributed by atoms with Crippen molar-refractivity contribution >= 4 is 29.6 Å². The molecule has 38 heavy (non-hydrogen) atoms. The fourth-order valence-corrected chi connectivity index (χ4v) is 5.61. The number of nitrogens with zero attached hydrogens (tertiary/aromatic N) is 2. The number of ether oxygens (including phenoxy) is 1. The molecule has 2 N–H and O–H groups in total. The molecule has 2 aromatic carbocycles. The molecule has 3 aliphatic rings. The number of hydrogen-bond donors (Lipinski definition) is 2. The summed E-state index contributed by atoms with van der Waals surface area (Å²) in [5, 5.41) is 4.68. The number of carbonyl (C=O) groups excluding carboxylic acids is 4. The first-order chi connectivity index (χ1) is 18.1. The zero-order valence-electron chi connectivity index (χ0n) is 20.6. The van der Waals surface area contributed by atoms with Gasteiger partial charge in [0, 0.05) is 25.1 Å². The maximum atomic E-state index is 14.8. The third kappa shape index (κ3) is 4.04. The monoisotopic (exact) mass is 530 g/mol. The molecule has 200 valence electrons.